The minimum Gasteiger partial charge on any atom is -0.391 e. The minimum atomic E-state index is -3.24. The molecule has 1 aromatic rings. The van der Waals surface area contributed by atoms with E-state index in [9.17, 15) is 17.2 Å². The summed E-state index contributed by atoms with van der Waals surface area (Å²) in [5, 5.41) is 12.2. The number of alkyl halides is 2. The van der Waals surface area contributed by atoms with Gasteiger partial charge in [0.2, 0.25) is 0 Å². The smallest absolute Gasteiger partial charge is 0.282 e. The molecule has 0 aliphatic carbocycles. The van der Waals surface area contributed by atoms with Gasteiger partial charge in [-0.25, -0.2) is 17.2 Å². The van der Waals surface area contributed by atoms with E-state index in [0.717, 1.165) is 10.9 Å². The summed E-state index contributed by atoms with van der Waals surface area (Å²) < 4.78 is 47.8. The maximum absolute atomic E-state index is 12.5. The average molecular weight is 289 g/mol. The molecule has 0 aliphatic heterocycles. The van der Waals surface area contributed by atoms with Gasteiger partial charge in [-0.2, -0.15) is 5.10 Å². The predicted octanol–water partition coefficient (Wildman–Crippen LogP) is 1.01. The zero-order valence-electron chi connectivity index (χ0n) is 8.90. The number of hydrogen-bond acceptors (Lipinski definition) is 4. The predicted molar refractivity (Wildman–Crippen MR) is 57.8 cm³/mol. The van der Waals surface area contributed by atoms with Crippen LogP contribution in [-0.4, -0.2) is 35.3 Å². The molecule has 0 atom stereocenters. The highest BCUT2D eigenvalue weighted by molar-refractivity contribution is 7.90. The molecule has 0 radical (unpaired) electrons. The summed E-state index contributed by atoms with van der Waals surface area (Å²) in [4.78, 5) is 0. The summed E-state index contributed by atoms with van der Waals surface area (Å²) >= 11 is 5.71. The lowest BCUT2D eigenvalue weighted by Gasteiger charge is -2.01. The number of rotatable bonds is 5. The van der Waals surface area contributed by atoms with E-state index in [1.54, 1.807) is 0 Å². The lowest BCUT2D eigenvalue weighted by Crippen LogP contribution is -2.12. The lowest BCUT2D eigenvalue weighted by atomic mass is 10.3. The molecule has 0 amide bonds. The largest absolute Gasteiger partial charge is 0.391 e. The molecule has 9 heteroatoms. The van der Waals surface area contributed by atoms with Crippen LogP contribution >= 0.6 is 11.6 Å². The second-order valence-corrected chi connectivity index (χ2v) is 6.08. The van der Waals surface area contributed by atoms with E-state index >= 15 is 0 Å². The fraction of sp³-hybridized carbons (Fsp3) is 0.625. The van der Waals surface area contributed by atoms with Crippen LogP contribution in [0, 0.1) is 0 Å². The summed E-state index contributed by atoms with van der Waals surface area (Å²) in [5.74, 6) is -0.262. The summed E-state index contributed by atoms with van der Waals surface area (Å²) in [6.07, 6.45) is -1.85. The topological polar surface area (TPSA) is 72.2 Å². The minimum absolute atomic E-state index is 0.128. The molecule has 0 fully saturated rings. The van der Waals surface area contributed by atoms with Gasteiger partial charge in [-0.1, -0.05) is 11.6 Å². The van der Waals surface area contributed by atoms with Gasteiger partial charge in [-0.3, -0.25) is 4.68 Å². The van der Waals surface area contributed by atoms with Gasteiger partial charge in [0.25, 0.3) is 6.43 Å². The van der Waals surface area contributed by atoms with Crippen molar-refractivity contribution in [3.8, 4) is 0 Å². The van der Waals surface area contributed by atoms with E-state index in [2.05, 4.69) is 5.10 Å². The van der Waals surface area contributed by atoms with Crippen molar-refractivity contribution in [2.24, 2.45) is 0 Å². The van der Waals surface area contributed by atoms with Gasteiger partial charge in [0.05, 0.1) is 18.9 Å². The number of aryl methyl sites for hydroxylation is 1. The first-order chi connectivity index (χ1) is 7.76. The lowest BCUT2D eigenvalue weighted by molar-refractivity contribution is 0.141. The van der Waals surface area contributed by atoms with Crippen LogP contribution < -0.4 is 0 Å². The SMILES string of the molecule is CS(=O)(=O)CCn1nc(C(F)F)c(CO)c1Cl. The molecular weight excluding hydrogens is 278 g/mol. The van der Waals surface area contributed by atoms with Gasteiger partial charge < -0.3 is 5.11 Å². The number of nitrogens with zero attached hydrogens (tertiary/aromatic N) is 2. The fourth-order valence-electron chi connectivity index (χ4n) is 1.22. The van der Waals surface area contributed by atoms with Gasteiger partial charge in [0, 0.05) is 11.8 Å². The molecule has 98 valence electrons. The van der Waals surface area contributed by atoms with E-state index in [0.29, 0.717) is 0 Å². The molecule has 0 unspecified atom stereocenters. The second-order valence-electron chi connectivity index (χ2n) is 3.47. The van der Waals surface area contributed by atoms with E-state index in [-0.39, 0.29) is 23.0 Å². The number of aliphatic hydroxyl groups is 1. The maximum Gasteiger partial charge on any atom is 0.282 e. The van der Waals surface area contributed by atoms with Crippen molar-refractivity contribution >= 4 is 21.4 Å². The zero-order chi connectivity index (χ0) is 13.2. The Hall–Kier alpha value is -0.730. The molecule has 0 bridgehead atoms. The number of aromatic nitrogens is 2. The van der Waals surface area contributed by atoms with Crippen LogP contribution in [0.4, 0.5) is 8.78 Å². The highest BCUT2D eigenvalue weighted by Gasteiger charge is 2.22. The molecular formula is C8H11ClF2N2O3S. The maximum atomic E-state index is 12.5. The fourth-order valence-corrected chi connectivity index (χ4v) is 2.00. The van der Waals surface area contributed by atoms with Crippen LogP contribution in [0.2, 0.25) is 5.15 Å². The standard InChI is InChI=1S/C8H11ClF2N2O3S/c1-17(15,16)3-2-13-7(9)5(4-14)6(12-13)8(10)11/h8,14H,2-4H2,1H3. The van der Waals surface area contributed by atoms with Gasteiger partial charge in [-0.15, -0.1) is 0 Å². The van der Waals surface area contributed by atoms with Crippen molar-refractivity contribution in [1.82, 2.24) is 9.78 Å². The van der Waals surface area contributed by atoms with Crippen molar-refractivity contribution in [3.63, 3.8) is 0 Å². The normalized spacial score (nSPS) is 12.4. The van der Waals surface area contributed by atoms with E-state index < -0.39 is 28.6 Å². The van der Waals surface area contributed by atoms with Crippen molar-refractivity contribution in [2.45, 2.75) is 19.6 Å². The molecule has 0 saturated heterocycles. The first kappa shape index (κ1) is 14.3. The van der Waals surface area contributed by atoms with Crippen LogP contribution in [0.15, 0.2) is 0 Å². The highest BCUT2D eigenvalue weighted by Crippen LogP contribution is 2.27. The molecule has 1 heterocycles. The molecule has 1 N–H and O–H groups in total. The van der Waals surface area contributed by atoms with Crippen LogP contribution in [-0.2, 0) is 23.0 Å². The van der Waals surface area contributed by atoms with Crippen LogP contribution in [0.25, 0.3) is 0 Å². The molecule has 0 aliphatic rings. The Morgan fingerprint density at radius 1 is 1.53 bits per heavy atom. The number of hydrogen-bond donors (Lipinski definition) is 1. The molecule has 1 aromatic heterocycles. The molecule has 0 spiro atoms. The Kier molecular flexibility index (Phi) is 4.45. The quantitative estimate of drug-likeness (QED) is 0.878. The van der Waals surface area contributed by atoms with Crippen LogP contribution in [0.1, 0.15) is 17.7 Å². The highest BCUT2D eigenvalue weighted by atomic mass is 35.5. The Morgan fingerprint density at radius 2 is 2.12 bits per heavy atom. The van der Waals surface area contributed by atoms with E-state index in [1.807, 2.05) is 0 Å². The number of halogens is 3. The monoisotopic (exact) mass is 288 g/mol. The van der Waals surface area contributed by atoms with Crippen molar-refractivity contribution < 1.29 is 22.3 Å². The van der Waals surface area contributed by atoms with Crippen molar-refractivity contribution in [2.75, 3.05) is 12.0 Å². The summed E-state index contributed by atoms with van der Waals surface area (Å²) in [6.45, 7) is -0.797. The molecule has 0 saturated carbocycles. The zero-order valence-corrected chi connectivity index (χ0v) is 10.5. The second kappa shape index (κ2) is 5.28. The molecule has 1 rings (SSSR count). The number of sulfone groups is 1. The Bertz CT molecular complexity index is 501. The first-order valence-corrected chi connectivity index (χ1v) is 7.02. The summed E-state index contributed by atoms with van der Waals surface area (Å²) in [6, 6.07) is 0. The van der Waals surface area contributed by atoms with Gasteiger partial charge in [-0.05, 0) is 0 Å². The molecule has 0 aromatic carbocycles. The number of aliphatic hydroxyl groups excluding tert-OH is 1. The Labute approximate surface area is 102 Å². The van der Waals surface area contributed by atoms with E-state index in [1.165, 1.54) is 0 Å². The molecule has 5 nitrogen and oxygen atoms in total. The summed E-state index contributed by atoms with van der Waals surface area (Å²) in [5.41, 5.74) is -0.791. The van der Waals surface area contributed by atoms with Crippen LogP contribution in [0.3, 0.4) is 0 Å². The summed E-state index contributed by atoms with van der Waals surface area (Å²) in [7, 11) is -3.24. The van der Waals surface area contributed by atoms with Crippen molar-refractivity contribution in [1.29, 1.82) is 0 Å². The third-order valence-corrected chi connectivity index (χ3v) is 3.40. The third-order valence-electron chi connectivity index (χ3n) is 2.05. The van der Waals surface area contributed by atoms with E-state index in [4.69, 9.17) is 16.7 Å². The average Bonchev–Trinajstić information content (AvgIpc) is 2.51. The van der Waals surface area contributed by atoms with Crippen molar-refractivity contribution in [3.05, 3.63) is 16.4 Å². The third kappa shape index (κ3) is 3.62. The Balaban J connectivity index is 3.02. The van der Waals surface area contributed by atoms with Gasteiger partial charge in [0.15, 0.2) is 0 Å². The van der Waals surface area contributed by atoms with Crippen LogP contribution in [0.5, 0.6) is 0 Å². The Morgan fingerprint density at radius 3 is 2.47 bits per heavy atom. The van der Waals surface area contributed by atoms with Gasteiger partial charge in [0.1, 0.15) is 20.7 Å². The first-order valence-electron chi connectivity index (χ1n) is 4.58. The van der Waals surface area contributed by atoms with Gasteiger partial charge >= 0.3 is 0 Å². The molecule has 17 heavy (non-hydrogen) atoms.